The van der Waals surface area contributed by atoms with Crippen LogP contribution in [0.3, 0.4) is 0 Å². The highest BCUT2D eigenvalue weighted by Gasteiger charge is 2.25. The second-order valence-corrected chi connectivity index (χ2v) is 5.98. The minimum atomic E-state index is -2.65. The predicted molar refractivity (Wildman–Crippen MR) is 83.1 cm³/mol. The minimum Gasteiger partial charge on any atom is -0.333 e. The van der Waals surface area contributed by atoms with Crippen LogP contribution < -0.4 is 5.69 Å². The number of alkyl halides is 2. The van der Waals surface area contributed by atoms with E-state index in [1.54, 1.807) is 29.2 Å². The van der Waals surface area contributed by atoms with Crippen molar-refractivity contribution in [1.82, 2.24) is 19.2 Å². The number of amides is 1. The van der Waals surface area contributed by atoms with Gasteiger partial charge in [-0.3, -0.25) is 9.36 Å². The second kappa shape index (κ2) is 6.72. The van der Waals surface area contributed by atoms with Crippen molar-refractivity contribution in [2.75, 3.05) is 6.54 Å². The third kappa shape index (κ3) is 3.48. The van der Waals surface area contributed by atoms with Crippen molar-refractivity contribution in [2.45, 2.75) is 32.5 Å². The Balaban J connectivity index is 1.72. The molecule has 1 aliphatic heterocycles. The summed E-state index contributed by atoms with van der Waals surface area (Å²) in [5.74, 6) is 0.200. The molecule has 1 amide bonds. The van der Waals surface area contributed by atoms with E-state index in [4.69, 9.17) is 11.6 Å². The van der Waals surface area contributed by atoms with E-state index < -0.39 is 18.7 Å². The largest absolute Gasteiger partial charge is 0.346 e. The van der Waals surface area contributed by atoms with Crippen LogP contribution in [0.25, 0.3) is 0 Å². The Bertz CT molecular complexity index is 818. The van der Waals surface area contributed by atoms with Gasteiger partial charge in [-0.15, -0.1) is 0 Å². The maximum absolute atomic E-state index is 12.5. The minimum absolute atomic E-state index is 0.126. The van der Waals surface area contributed by atoms with Crippen molar-refractivity contribution in [1.29, 1.82) is 0 Å². The van der Waals surface area contributed by atoms with E-state index in [1.165, 1.54) is 4.57 Å². The maximum Gasteiger partial charge on any atom is 0.346 e. The highest BCUT2D eigenvalue weighted by atomic mass is 35.5. The van der Waals surface area contributed by atoms with Crippen LogP contribution in [0.1, 0.15) is 11.4 Å². The number of carbonyl (C=O) groups excluding carboxylic acids is 1. The molecule has 0 radical (unpaired) electrons. The van der Waals surface area contributed by atoms with Crippen molar-refractivity contribution in [3.05, 3.63) is 51.2 Å². The molecule has 2 aromatic rings. The van der Waals surface area contributed by atoms with E-state index >= 15 is 0 Å². The van der Waals surface area contributed by atoms with E-state index in [2.05, 4.69) is 5.10 Å². The molecule has 3 rings (SSSR count). The molecular weight excluding hydrogens is 342 g/mol. The lowest BCUT2D eigenvalue weighted by Gasteiger charge is -2.26. The predicted octanol–water partition coefficient (Wildman–Crippen LogP) is 1.55. The van der Waals surface area contributed by atoms with Crippen LogP contribution in [0.5, 0.6) is 0 Å². The summed E-state index contributed by atoms with van der Waals surface area (Å²) in [7, 11) is 0. The van der Waals surface area contributed by atoms with E-state index in [9.17, 15) is 18.4 Å². The Morgan fingerprint density at radius 2 is 2.12 bits per heavy atom. The van der Waals surface area contributed by atoms with Gasteiger partial charge in [-0.05, 0) is 17.7 Å². The van der Waals surface area contributed by atoms with Gasteiger partial charge in [0, 0.05) is 18.1 Å². The second-order valence-electron chi connectivity index (χ2n) is 5.55. The third-order valence-electron chi connectivity index (χ3n) is 3.83. The molecule has 1 aliphatic rings. The average molecular weight is 357 g/mol. The van der Waals surface area contributed by atoms with Gasteiger partial charge in [-0.25, -0.2) is 18.3 Å². The van der Waals surface area contributed by atoms with E-state index in [-0.39, 0.29) is 25.4 Å². The Kier molecular flexibility index (Phi) is 4.66. The fourth-order valence-corrected chi connectivity index (χ4v) is 2.91. The molecule has 24 heavy (non-hydrogen) atoms. The van der Waals surface area contributed by atoms with Crippen molar-refractivity contribution >= 4 is 17.5 Å². The molecule has 2 heterocycles. The van der Waals surface area contributed by atoms with Gasteiger partial charge < -0.3 is 4.90 Å². The summed E-state index contributed by atoms with van der Waals surface area (Å²) in [6.07, 6.45) is -2.47. The van der Waals surface area contributed by atoms with Crippen LogP contribution in [-0.4, -0.2) is 38.1 Å². The normalized spacial score (nSPS) is 14.1. The zero-order valence-electron chi connectivity index (χ0n) is 12.7. The highest BCUT2D eigenvalue weighted by molar-refractivity contribution is 6.30. The van der Waals surface area contributed by atoms with E-state index in [0.29, 0.717) is 17.4 Å². The Labute approximate surface area is 141 Å². The quantitative estimate of drug-likeness (QED) is 0.835. The Morgan fingerprint density at radius 3 is 2.83 bits per heavy atom. The molecule has 0 fully saturated rings. The van der Waals surface area contributed by atoms with Gasteiger partial charge in [0.25, 0.3) is 6.43 Å². The van der Waals surface area contributed by atoms with Crippen LogP contribution in [-0.2, 0) is 30.8 Å². The summed E-state index contributed by atoms with van der Waals surface area (Å²) in [5, 5.41) is 4.47. The first kappa shape index (κ1) is 16.6. The topological polar surface area (TPSA) is 60.1 Å². The van der Waals surface area contributed by atoms with Gasteiger partial charge in [0.15, 0.2) is 5.82 Å². The Hall–Kier alpha value is -2.22. The van der Waals surface area contributed by atoms with Gasteiger partial charge in [0.05, 0.1) is 13.0 Å². The van der Waals surface area contributed by atoms with Crippen molar-refractivity contribution < 1.29 is 13.6 Å². The fraction of sp³-hybridized carbons (Fsp3) is 0.400. The molecule has 0 aliphatic carbocycles. The lowest BCUT2D eigenvalue weighted by molar-refractivity contribution is -0.132. The lowest BCUT2D eigenvalue weighted by atomic mass is 10.1. The summed E-state index contributed by atoms with van der Waals surface area (Å²) in [6.45, 7) is -0.0223. The Morgan fingerprint density at radius 1 is 1.33 bits per heavy atom. The lowest BCUT2D eigenvalue weighted by Crippen LogP contribution is -2.41. The van der Waals surface area contributed by atoms with Gasteiger partial charge in [-0.2, -0.15) is 5.10 Å². The molecule has 0 bridgehead atoms. The monoisotopic (exact) mass is 356 g/mol. The summed E-state index contributed by atoms with van der Waals surface area (Å²) >= 11 is 5.91. The zero-order chi connectivity index (χ0) is 17.3. The molecule has 0 spiro atoms. The highest BCUT2D eigenvalue weighted by Crippen LogP contribution is 2.14. The fourth-order valence-electron chi connectivity index (χ4n) is 2.69. The number of benzene rings is 1. The molecule has 0 atom stereocenters. The first-order valence-electron chi connectivity index (χ1n) is 7.41. The van der Waals surface area contributed by atoms with Gasteiger partial charge >= 0.3 is 5.69 Å². The smallest absolute Gasteiger partial charge is 0.333 e. The van der Waals surface area contributed by atoms with E-state index in [0.717, 1.165) is 10.2 Å². The SMILES string of the molecule is O=C(Cc1cccc(Cl)c1)N1CCn2c(nn(CC(F)F)c2=O)C1. The van der Waals surface area contributed by atoms with Gasteiger partial charge in [-0.1, -0.05) is 23.7 Å². The molecule has 0 N–H and O–H groups in total. The summed E-state index contributed by atoms with van der Waals surface area (Å²) in [5.41, 5.74) is 0.228. The first-order chi connectivity index (χ1) is 11.4. The van der Waals surface area contributed by atoms with Crippen LogP contribution in [0.15, 0.2) is 29.1 Å². The molecule has 9 heteroatoms. The molecule has 6 nitrogen and oxygen atoms in total. The van der Waals surface area contributed by atoms with Crippen LogP contribution in [0.2, 0.25) is 5.02 Å². The molecule has 1 aromatic carbocycles. The van der Waals surface area contributed by atoms with Crippen molar-refractivity contribution in [3.8, 4) is 0 Å². The number of halogens is 3. The molecular formula is C15H15ClF2N4O2. The number of aromatic nitrogens is 3. The van der Waals surface area contributed by atoms with Crippen LogP contribution >= 0.6 is 11.6 Å². The number of hydrogen-bond donors (Lipinski definition) is 0. The van der Waals surface area contributed by atoms with E-state index in [1.807, 2.05) is 0 Å². The van der Waals surface area contributed by atoms with Crippen LogP contribution in [0.4, 0.5) is 8.78 Å². The van der Waals surface area contributed by atoms with Crippen molar-refractivity contribution in [3.63, 3.8) is 0 Å². The number of carbonyl (C=O) groups is 1. The number of hydrogen-bond acceptors (Lipinski definition) is 3. The summed E-state index contributed by atoms with van der Waals surface area (Å²) in [4.78, 5) is 25.9. The molecule has 0 saturated heterocycles. The molecule has 0 unspecified atom stereocenters. The van der Waals surface area contributed by atoms with Crippen LogP contribution in [0, 0.1) is 0 Å². The zero-order valence-corrected chi connectivity index (χ0v) is 13.4. The number of nitrogens with zero attached hydrogens (tertiary/aromatic N) is 4. The standard InChI is InChI=1S/C15H15ClF2N4O2/c16-11-3-1-2-10(6-11)7-14(23)20-4-5-21-13(9-20)19-22(15(21)24)8-12(17)18/h1-3,6,12H,4-5,7-9H2. The first-order valence-corrected chi connectivity index (χ1v) is 7.78. The molecule has 128 valence electrons. The summed E-state index contributed by atoms with van der Waals surface area (Å²) in [6, 6.07) is 7.02. The number of fused-ring (bicyclic) bond motifs is 1. The molecule has 0 saturated carbocycles. The number of rotatable bonds is 4. The third-order valence-corrected chi connectivity index (χ3v) is 4.07. The maximum atomic E-state index is 12.5. The average Bonchev–Trinajstić information content (AvgIpc) is 2.82. The summed E-state index contributed by atoms with van der Waals surface area (Å²) < 4.78 is 27.0. The van der Waals surface area contributed by atoms with Gasteiger partial charge in [0.1, 0.15) is 6.54 Å². The molecule has 1 aromatic heterocycles. The van der Waals surface area contributed by atoms with Gasteiger partial charge in [0.2, 0.25) is 5.91 Å². The van der Waals surface area contributed by atoms with Crippen molar-refractivity contribution in [2.24, 2.45) is 0 Å².